The molecule has 1 heterocycles. The monoisotopic (exact) mass is 340 g/mol. The number of methoxy groups -OCH3 is 1. The van der Waals surface area contributed by atoms with Crippen LogP contribution in [0.2, 0.25) is 0 Å². The first-order chi connectivity index (χ1) is 12.2. The van der Waals surface area contributed by atoms with Crippen molar-refractivity contribution in [2.45, 2.75) is 25.9 Å². The second-order valence-corrected chi connectivity index (χ2v) is 5.97. The molecule has 25 heavy (non-hydrogen) atoms. The Bertz CT molecular complexity index is 745. The molecule has 2 aromatic carbocycles. The van der Waals surface area contributed by atoms with E-state index in [0.29, 0.717) is 24.7 Å². The number of hydrogen-bond donors (Lipinski definition) is 2. The van der Waals surface area contributed by atoms with Gasteiger partial charge in [0.2, 0.25) is 5.91 Å². The minimum Gasteiger partial charge on any atom is -0.493 e. The fourth-order valence-corrected chi connectivity index (χ4v) is 3.13. The molecular weight excluding hydrogens is 316 g/mol. The van der Waals surface area contributed by atoms with E-state index in [1.807, 2.05) is 43.3 Å². The summed E-state index contributed by atoms with van der Waals surface area (Å²) in [5.41, 5.74) is 3.28. The molecule has 0 fully saturated rings. The Morgan fingerprint density at radius 3 is 2.88 bits per heavy atom. The lowest BCUT2D eigenvalue weighted by Gasteiger charge is -2.26. The first-order valence-electron chi connectivity index (χ1n) is 8.61. The van der Waals surface area contributed by atoms with Gasteiger partial charge in [-0.25, -0.2) is 0 Å². The van der Waals surface area contributed by atoms with Gasteiger partial charge in [0.1, 0.15) is 6.04 Å². The van der Waals surface area contributed by atoms with Crippen molar-refractivity contribution in [3.05, 3.63) is 59.2 Å². The molecule has 0 aromatic heterocycles. The van der Waals surface area contributed by atoms with Crippen molar-refractivity contribution in [1.29, 1.82) is 0 Å². The van der Waals surface area contributed by atoms with Gasteiger partial charge < -0.3 is 20.1 Å². The van der Waals surface area contributed by atoms with Crippen LogP contribution in [0.25, 0.3) is 0 Å². The second-order valence-electron chi connectivity index (χ2n) is 5.97. The molecule has 5 heteroatoms. The summed E-state index contributed by atoms with van der Waals surface area (Å²) < 4.78 is 10.9. The molecule has 0 spiro atoms. The highest BCUT2D eigenvalue weighted by Gasteiger charge is 2.25. The summed E-state index contributed by atoms with van der Waals surface area (Å²) in [6, 6.07) is 13.5. The van der Waals surface area contributed by atoms with E-state index in [1.165, 1.54) is 5.56 Å². The number of hydrogen-bond acceptors (Lipinski definition) is 4. The Balaban J connectivity index is 1.67. The van der Waals surface area contributed by atoms with Gasteiger partial charge in [0, 0.05) is 13.1 Å². The molecule has 1 aliphatic rings. The molecule has 3 rings (SSSR count). The fraction of sp³-hybridized carbons (Fsp3) is 0.350. The third kappa shape index (κ3) is 3.94. The second kappa shape index (κ2) is 8.03. The van der Waals surface area contributed by atoms with E-state index in [4.69, 9.17) is 9.47 Å². The summed E-state index contributed by atoms with van der Waals surface area (Å²) in [4.78, 5) is 12.6. The van der Waals surface area contributed by atoms with Crippen LogP contribution in [0.4, 0.5) is 0 Å². The van der Waals surface area contributed by atoms with Crippen molar-refractivity contribution in [2.75, 3.05) is 20.3 Å². The summed E-state index contributed by atoms with van der Waals surface area (Å²) in [6.07, 6.45) is 0.954. The first kappa shape index (κ1) is 17.3. The van der Waals surface area contributed by atoms with Crippen LogP contribution < -0.4 is 20.1 Å². The molecule has 132 valence electrons. The summed E-state index contributed by atoms with van der Waals surface area (Å²) in [6.45, 7) is 3.77. The van der Waals surface area contributed by atoms with Crippen LogP contribution in [0.3, 0.4) is 0 Å². The van der Waals surface area contributed by atoms with Gasteiger partial charge in [0.25, 0.3) is 0 Å². The van der Waals surface area contributed by atoms with Gasteiger partial charge in [-0.2, -0.15) is 0 Å². The van der Waals surface area contributed by atoms with E-state index in [1.54, 1.807) is 7.11 Å². The molecule has 0 saturated heterocycles. The van der Waals surface area contributed by atoms with E-state index in [2.05, 4.69) is 16.7 Å². The standard InChI is InChI=1S/C20H24N2O3/c1-3-25-17-9-8-14(12-18(17)24-2)13-22-20(23)19-16-7-5-4-6-15(16)10-11-21-19/h4-9,12,19,21H,3,10-11,13H2,1-2H3,(H,22,23)/t19-/m0/s1. The van der Waals surface area contributed by atoms with Crippen molar-refractivity contribution >= 4 is 5.91 Å². The normalized spacial score (nSPS) is 16.0. The lowest BCUT2D eigenvalue weighted by atomic mass is 9.94. The quantitative estimate of drug-likeness (QED) is 0.849. The van der Waals surface area contributed by atoms with Crippen molar-refractivity contribution in [2.24, 2.45) is 0 Å². The van der Waals surface area contributed by atoms with Crippen LogP contribution in [0.5, 0.6) is 11.5 Å². The van der Waals surface area contributed by atoms with Crippen LogP contribution in [-0.2, 0) is 17.8 Å². The highest BCUT2D eigenvalue weighted by molar-refractivity contribution is 5.84. The average Bonchev–Trinajstić information content (AvgIpc) is 2.66. The molecule has 5 nitrogen and oxygen atoms in total. The lowest BCUT2D eigenvalue weighted by Crippen LogP contribution is -2.41. The number of carbonyl (C=O) groups excluding carboxylic acids is 1. The fourth-order valence-electron chi connectivity index (χ4n) is 3.13. The highest BCUT2D eigenvalue weighted by atomic mass is 16.5. The molecule has 0 aliphatic carbocycles. The van der Waals surface area contributed by atoms with Crippen LogP contribution in [0.15, 0.2) is 42.5 Å². The zero-order chi connectivity index (χ0) is 17.6. The maximum atomic E-state index is 12.6. The molecule has 0 unspecified atom stereocenters. The average molecular weight is 340 g/mol. The maximum Gasteiger partial charge on any atom is 0.242 e. The Kier molecular flexibility index (Phi) is 5.56. The molecule has 2 N–H and O–H groups in total. The number of nitrogens with one attached hydrogen (secondary N) is 2. The van der Waals surface area contributed by atoms with E-state index in [-0.39, 0.29) is 11.9 Å². The Morgan fingerprint density at radius 2 is 2.08 bits per heavy atom. The minimum absolute atomic E-state index is 0.0139. The summed E-state index contributed by atoms with van der Waals surface area (Å²) in [5.74, 6) is 1.37. The molecule has 2 aromatic rings. The van der Waals surface area contributed by atoms with Crippen molar-refractivity contribution in [3.63, 3.8) is 0 Å². The predicted octanol–water partition coefficient (Wildman–Crippen LogP) is 2.60. The van der Waals surface area contributed by atoms with Gasteiger partial charge in [-0.3, -0.25) is 4.79 Å². The number of fused-ring (bicyclic) bond motifs is 1. The van der Waals surface area contributed by atoms with Gasteiger partial charge in [-0.05, 0) is 42.2 Å². The number of amides is 1. The van der Waals surface area contributed by atoms with Gasteiger partial charge >= 0.3 is 0 Å². The zero-order valence-electron chi connectivity index (χ0n) is 14.7. The molecule has 1 amide bonds. The van der Waals surface area contributed by atoms with Crippen molar-refractivity contribution < 1.29 is 14.3 Å². The molecular formula is C20H24N2O3. The molecule has 1 aliphatic heterocycles. The van der Waals surface area contributed by atoms with Crippen LogP contribution in [0.1, 0.15) is 29.7 Å². The van der Waals surface area contributed by atoms with E-state index in [9.17, 15) is 4.79 Å². The van der Waals surface area contributed by atoms with Crippen LogP contribution in [-0.4, -0.2) is 26.2 Å². The number of ether oxygens (including phenoxy) is 2. The highest BCUT2D eigenvalue weighted by Crippen LogP contribution is 2.28. The van der Waals surface area contributed by atoms with Crippen molar-refractivity contribution in [3.8, 4) is 11.5 Å². The molecule has 0 saturated carbocycles. The minimum atomic E-state index is -0.297. The predicted molar refractivity (Wildman–Crippen MR) is 96.9 cm³/mol. The van der Waals surface area contributed by atoms with Crippen molar-refractivity contribution in [1.82, 2.24) is 10.6 Å². The van der Waals surface area contributed by atoms with Crippen LogP contribution in [0, 0.1) is 0 Å². The molecule has 0 radical (unpaired) electrons. The molecule has 1 atom stereocenters. The number of benzene rings is 2. The summed E-state index contributed by atoms with van der Waals surface area (Å²) in [7, 11) is 1.61. The zero-order valence-corrected chi connectivity index (χ0v) is 14.7. The largest absolute Gasteiger partial charge is 0.493 e. The maximum absolute atomic E-state index is 12.6. The van der Waals surface area contributed by atoms with Gasteiger partial charge in [0.05, 0.1) is 13.7 Å². The van der Waals surface area contributed by atoms with Crippen LogP contribution >= 0.6 is 0 Å². The molecule has 0 bridgehead atoms. The van der Waals surface area contributed by atoms with E-state index >= 15 is 0 Å². The van der Waals surface area contributed by atoms with Gasteiger partial charge in [-0.1, -0.05) is 30.3 Å². The summed E-state index contributed by atoms with van der Waals surface area (Å²) >= 11 is 0. The first-order valence-corrected chi connectivity index (χ1v) is 8.61. The number of rotatable bonds is 6. The van der Waals surface area contributed by atoms with Gasteiger partial charge in [0.15, 0.2) is 11.5 Å². The topological polar surface area (TPSA) is 59.6 Å². The third-order valence-electron chi connectivity index (χ3n) is 4.37. The Morgan fingerprint density at radius 1 is 1.24 bits per heavy atom. The summed E-state index contributed by atoms with van der Waals surface area (Å²) in [5, 5.41) is 6.32. The smallest absolute Gasteiger partial charge is 0.242 e. The van der Waals surface area contributed by atoms with Gasteiger partial charge in [-0.15, -0.1) is 0 Å². The third-order valence-corrected chi connectivity index (χ3v) is 4.37. The van der Waals surface area contributed by atoms with E-state index < -0.39 is 0 Å². The Labute approximate surface area is 148 Å². The lowest BCUT2D eigenvalue weighted by molar-refractivity contribution is -0.123. The Hall–Kier alpha value is -2.53. The van der Waals surface area contributed by atoms with E-state index in [0.717, 1.165) is 24.1 Å². The SMILES string of the molecule is CCOc1ccc(CNC(=O)[C@H]2NCCc3ccccc32)cc1OC. The number of carbonyl (C=O) groups is 1.